The number of nitrogens with zero attached hydrogens (tertiary/aromatic N) is 2. The number of amides is 1. The molecule has 25 heavy (non-hydrogen) atoms. The number of aryl methyl sites for hydroxylation is 1. The van der Waals surface area contributed by atoms with Crippen molar-refractivity contribution in [1.82, 2.24) is 9.88 Å². The average Bonchev–Trinajstić information content (AvgIpc) is 3.24. The molecular weight excluding hydrogens is 330 g/mol. The van der Waals surface area contributed by atoms with Crippen molar-refractivity contribution in [2.24, 2.45) is 0 Å². The first-order valence-electron chi connectivity index (χ1n) is 9.11. The number of anilines is 1. The Morgan fingerprint density at radius 1 is 1.36 bits per heavy atom. The molecule has 0 radical (unpaired) electrons. The lowest BCUT2D eigenvalue weighted by molar-refractivity contribution is -0.118. The maximum atomic E-state index is 12.6. The van der Waals surface area contributed by atoms with Gasteiger partial charge >= 0.3 is 0 Å². The molecule has 1 heterocycles. The first-order valence-corrected chi connectivity index (χ1v) is 9.99. The highest BCUT2D eigenvalue weighted by Crippen LogP contribution is 2.26. The molecule has 1 saturated carbocycles. The summed E-state index contributed by atoms with van der Waals surface area (Å²) in [4.78, 5) is 19.4. The number of carbonyl (C=O) groups is 1. The van der Waals surface area contributed by atoms with Crippen molar-refractivity contribution >= 4 is 22.9 Å². The van der Waals surface area contributed by atoms with Gasteiger partial charge in [0, 0.05) is 28.7 Å². The lowest BCUT2D eigenvalue weighted by Gasteiger charge is -2.31. The Kier molecular flexibility index (Phi) is 5.86. The molecule has 134 valence electrons. The van der Waals surface area contributed by atoms with Gasteiger partial charge in [-0.05, 0) is 45.7 Å². The maximum Gasteiger partial charge on any atom is 0.238 e. The van der Waals surface area contributed by atoms with Gasteiger partial charge in [0.2, 0.25) is 5.91 Å². The van der Waals surface area contributed by atoms with E-state index in [-0.39, 0.29) is 5.91 Å². The van der Waals surface area contributed by atoms with Gasteiger partial charge in [0.25, 0.3) is 0 Å². The fraction of sp³-hybridized carbons (Fsp3) is 0.500. The summed E-state index contributed by atoms with van der Waals surface area (Å²) in [7, 11) is 0. The van der Waals surface area contributed by atoms with Crippen molar-refractivity contribution in [2.45, 2.75) is 58.5 Å². The standard InChI is InChI=1S/C20H27N3OS/c1-14(2)23(18-9-4-5-10-18)12-20(24)22-17-8-6-7-16(11-17)19-13-25-15(3)21-19/h6-8,11,13-14,18H,4-5,9-10,12H2,1-3H3,(H,22,24). The van der Waals surface area contributed by atoms with Crippen molar-refractivity contribution in [2.75, 3.05) is 11.9 Å². The minimum Gasteiger partial charge on any atom is -0.325 e. The third-order valence-corrected chi connectivity index (χ3v) is 5.62. The molecule has 0 saturated heterocycles. The Bertz CT molecular complexity index is 719. The quantitative estimate of drug-likeness (QED) is 0.814. The molecular formula is C20H27N3OS. The first kappa shape index (κ1) is 18.1. The molecule has 1 aromatic heterocycles. The summed E-state index contributed by atoms with van der Waals surface area (Å²) in [5.41, 5.74) is 2.84. The van der Waals surface area contributed by atoms with Crippen LogP contribution in [-0.4, -0.2) is 34.4 Å². The van der Waals surface area contributed by atoms with Crippen LogP contribution in [0.4, 0.5) is 5.69 Å². The summed E-state index contributed by atoms with van der Waals surface area (Å²) in [5, 5.41) is 6.16. The van der Waals surface area contributed by atoms with E-state index >= 15 is 0 Å². The van der Waals surface area contributed by atoms with E-state index in [9.17, 15) is 4.79 Å². The number of hydrogen-bond acceptors (Lipinski definition) is 4. The molecule has 1 aliphatic carbocycles. The Balaban J connectivity index is 1.66. The molecule has 5 heteroatoms. The van der Waals surface area contributed by atoms with Crippen LogP contribution in [0.2, 0.25) is 0 Å². The van der Waals surface area contributed by atoms with Gasteiger partial charge in [0.1, 0.15) is 0 Å². The second-order valence-electron chi connectivity index (χ2n) is 7.09. The fourth-order valence-electron chi connectivity index (χ4n) is 3.59. The van der Waals surface area contributed by atoms with Gasteiger partial charge in [0.05, 0.1) is 17.2 Å². The SMILES string of the molecule is Cc1nc(-c2cccc(NC(=O)CN(C(C)C)C3CCCC3)c2)cs1. The van der Waals surface area contributed by atoms with Crippen molar-refractivity contribution in [1.29, 1.82) is 0 Å². The van der Waals surface area contributed by atoms with Gasteiger partial charge in [-0.25, -0.2) is 4.98 Å². The van der Waals surface area contributed by atoms with Crippen LogP contribution in [0.5, 0.6) is 0 Å². The van der Waals surface area contributed by atoms with Crippen LogP contribution in [0.25, 0.3) is 11.3 Å². The zero-order valence-electron chi connectivity index (χ0n) is 15.3. The van der Waals surface area contributed by atoms with Crippen LogP contribution >= 0.6 is 11.3 Å². The van der Waals surface area contributed by atoms with E-state index in [4.69, 9.17) is 0 Å². The van der Waals surface area contributed by atoms with E-state index in [1.54, 1.807) is 11.3 Å². The normalized spacial score (nSPS) is 15.2. The Morgan fingerprint density at radius 3 is 2.76 bits per heavy atom. The number of thiazole rings is 1. The van der Waals surface area contributed by atoms with E-state index in [2.05, 4.69) is 34.4 Å². The molecule has 0 unspecified atom stereocenters. The molecule has 0 aliphatic heterocycles. The molecule has 3 rings (SSSR count). The van der Waals surface area contributed by atoms with Crippen LogP contribution < -0.4 is 5.32 Å². The summed E-state index contributed by atoms with van der Waals surface area (Å²) in [6.07, 6.45) is 4.99. The summed E-state index contributed by atoms with van der Waals surface area (Å²) in [6, 6.07) is 8.88. The number of nitrogens with one attached hydrogen (secondary N) is 1. The molecule has 0 spiro atoms. The minimum absolute atomic E-state index is 0.0622. The van der Waals surface area contributed by atoms with Crippen molar-refractivity contribution < 1.29 is 4.79 Å². The Hall–Kier alpha value is -1.72. The van der Waals surface area contributed by atoms with E-state index in [0.29, 0.717) is 18.6 Å². The zero-order valence-corrected chi connectivity index (χ0v) is 16.1. The molecule has 1 N–H and O–H groups in total. The van der Waals surface area contributed by atoms with E-state index in [0.717, 1.165) is 22.0 Å². The topological polar surface area (TPSA) is 45.2 Å². The second kappa shape index (κ2) is 8.11. The highest BCUT2D eigenvalue weighted by molar-refractivity contribution is 7.09. The van der Waals surface area contributed by atoms with Crippen LogP contribution in [-0.2, 0) is 4.79 Å². The summed E-state index contributed by atoms with van der Waals surface area (Å²) in [6.45, 7) is 6.82. The average molecular weight is 358 g/mol. The van der Waals surface area contributed by atoms with E-state index < -0.39 is 0 Å². The molecule has 1 aliphatic rings. The number of rotatable bonds is 6. The molecule has 1 aromatic carbocycles. The number of benzene rings is 1. The summed E-state index contributed by atoms with van der Waals surface area (Å²) < 4.78 is 0. The molecule has 1 amide bonds. The van der Waals surface area contributed by atoms with Gasteiger partial charge in [-0.1, -0.05) is 25.0 Å². The Morgan fingerprint density at radius 2 is 2.12 bits per heavy atom. The largest absolute Gasteiger partial charge is 0.325 e. The summed E-state index contributed by atoms with van der Waals surface area (Å²) >= 11 is 1.64. The van der Waals surface area contributed by atoms with E-state index in [1.165, 1.54) is 25.7 Å². The summed E-state index contributed by atoms with van der Waals surface area (Å²) in [5.74, 6) is 0.0622. The van der Waals surface area contributed by atoms with Crippen molar-refractivity contribution in [3.63, 3.8) is 0 Å². The third-order valence-electron chi connectivity index (χ3n) is 4.84. The van der Waals surface area contributed by atoms with Crippen molar-refractivity contribution in [3.8, 4) is 11.3 Å². The van der Waals surface area contributed by atoms with Crippen LogP contribution in [0.3, 0.4) is 0 Å². The molecule has 0 bridgehead atoms. The van der Waals surface area contributed by atoms with Gasteiger partial charge in [-0.15, -0.1) is 11.3 Å². The lowest BCUT2D eigenvalue weighted by atomic mass is 10.1. The van der Waals surface area contributed by atoms with Crippen LogP contribution in [0.1, 0.15) is 44.5 Å². The predicted octanol–water partition coefficient (Wildman–Crippen LogP) is 4.71. The van der Waals surface area contributed by atoms with Gasteiger partial charge < -0.3 is 5.32 Å². The van der Waals surface area contributed by atoms with E-state index in [1.807, 2.05) is 31.2 Å². The van der Waals surface area contributed by atoms with Crippen molar-refractivity contribution in [3.05, 3.63) is 34.7 Å². The van der Waals surface area contributed by atoms with Crippen LogP contribution in [0.15, 0.2) is 29.6 Å². The number of hydrogen-bond donors (Lipinski definition) is 1. The molecule has 2 aromatic rings. The van der Waals surface area contributed by atoms with Gasteiger partial charge in [-0.3, -0.25) is 9.69 Å². The fourth-order valence-corrected chi connectivity index (χ4v) is 4.21. The third kappa shape index (κ3) is 4.67. The Labute approximate surface area is 154 Å². The lowest BCUT2D eigenvalue weighted by Crippen LogP contribution is -2.43. The number of carbonyl (C=O) groups excluding carboxylic acids is 1. The zero-order chi connectivity index (χ0) is 17.8. The number of aromatic nitrogens is 1. The molecule has 0 atom stereocenters. The minimum atomic E-state index is 0.0622. The monoisotopic (exact) mass is 357 g/mol. The molecule has 1 fully saturated rings. The predicted molar refractivity (Wildman–Crippen MR) is 105 cm³/mol. The molecule has 4 nitrogen and oxygen atoms in total. The highest BCUT2D eigenvalue weighted by Gasteiger charge is 2.26. The van der Waals surface area contributed by atoms with Gasteiger partial charge in [-0.2, -0.15) is 0 Å². The second-order valence-corrected chi connectivity index (χ2v) is 8.15. The maximum absolute atomic E-state index is 12.6. The first-order chi connectivity index (χ1) is 12.0. The van der Waals surface area contributed by atoms with Crippen LogP contribution in [0, 0.1) is 6.92 Å². The van der Waals surface area contributed by atoms with Gasteiger partial charge in [0.15, 0.2) is 0 Å². The highest BCUT2D eigenvalue weighted by atomic mass is 32.1. The smallest absolute Gasteiger partial charge is 0.238 e.